The molecule has 0 aliphatic rings. The van der Waals surface area contributed by atoms with Crippen LogP contribution in [0, 0.1) is 0 Å². The Hall–Kier alpha value is -3.31. The normalized spacial score (nSPS) is 9.67. The van der Waals surface area contributed by atoms with Crippen LogP contribution in [0.5, 0.6) is 0 Å². The molecule has 33 heavy (non-hydrogen) atoms. The smallest absolute Gasteiger partial charge is 0.246 e. The lowest BCUT2D eigenvalue weighted by Gasteiger charge is -2.16. The number of hydrogen-bond acceptors (Lipinski definition) is 4. The highest BCUT2D eigenvalue weighted by Crippen LogP contribution is 2.16. The zero-order valence-corrected chi connectivity index (χ0v) is 21.0. The average molecular weight is 453 g/mol. The molecule has 0 saturated heterocycles. The van der Waals surface area contributed by atoms with E-state index in [9.17, 15) is 4.79 Å². The Morgan fingerprint density at radius 3 is 2.24 bits per heavy atom. The number of anilines is 1. The first-order chi connectivity index (χ1) is 15.9. The van der Waals surface area contributed by atoms with Gasteiger partial charge in [-0.1, -0.05) is 70.7 Å². The molecule has 0 spiro atoms. The monoisotopic (exact) mass is 452 g/mol. The zero-order chi connectivity index (χ0) is 25.2. The number of hydrogen-bond donors (Lipinski definition) is 2. The first-order valence-electron chi connectivity index (χ1n) is 11.4. The molecule has 0 fully saturated rings. The molecule has 2 rings (SSSR count). The summed E-state index contributed by atoms with van der Waals surface area (Å²) >= 11 is 0. The third-order valence-corrected chi connectivity index (χ3v) is 4.26. The standard InChI is InChI=1S/C24H28N2O3.2C2H6/c1-5-29-19(3)25-23-8-6-7-21(15-23)16-26(4)24(28)14-9-18(2)22-12-10-20(17-27)11-13-22;2*1-2/h6-15,25,27H,2-3,5,16-17H2,1,4H3;2*1-2H3/b14-9-;;. The number of nitrogens with zero attached hydrogens (tertiary/aromatic N) is 1. The molecule has 2 aromatic rings. The Kier molecular flexibility index (Phi) is 15.5. The Morgan fingerprint density at radius 1 is 1.03 bits per heavy atom. The van der Waals surface area contributed by atoms with E-state index < -0.39 is 0 Å². The number of amides is 1. The number of nitrogens with one attached hydrogen (secondary N) is 1. The SMILES string of the molecule is C=C(Nc1cccc(CN(C)C(=O)/C=C\C(=C)c2ccc(CO)cc2)c1)OCC.CC.CC. The number of allylic oxidation sites excluding steroid dienone is 2. The van der Waals surface area contributed by atoms with Crippen molar-refractivity contribution in [1.29, 1.82) is 0 Å². The summed E-state index contributed by atoms with van der Waals surface area (Å²) in [7, 11) is 1.75. The van der Waals surface area contributed by atoms with Gasteiger partial charge in [0.2, 0.25) is 5.91 Å². The quantitative estimate of drug-likeness (QED) is 0.249. The van der Waals surface area contributed by atoms with E-state index in [2.05, 4.69) is 18.5 Å². The van der Waals surface area contributed by atoms with E-state index in [1.165, 1.54) is 6.08 Å². The fourth-order valence-corrected chi connectivity index (χ4v) is 2.69. The average Bonchev–Trinajstić information content (AvgIpc) is 2.85. The van der Waals surface area contributed by atoms with Crippen molar-refractivity contribution in [2.24, 2.45) is 0 Å². The van der Waals surface area contributed by atoms with Crippen LogP contribution >= 0.6 is 0 Å². The lowest BCUT2D eigenvalue weighted by atomic mass is 10.1. The van der Waals surface area contributed by atoms with Gasteiger partial charge >= 0.3 is 0 Å². The number of carbonyl (C=O) groups is 1. The molecule has 0 atom stereocenters. The number of likely N-dealkylation sites (N-methyl/N-ethyl adjacent to an activating group) is 1. The van der Waals surface area contributed by atoms with Crippen molar-refractivity contribution < 1.29 is 14.6 Å². The summed E-state index contributed by atoms with van der Waals surface area (Å²) in [6.45, 7) is 18.7. The van der Waals surface area contributed by atoms with Crippen LogP contribution in [0.2, 0.25) is 0 Å². The Labute approximate surface area is 200 Å². The summed E-state index contributed by atoms with van der Waals surface area (Å²) in [5.41, 5.74) is 4.32. The van der Waals surface area contributed by atoms with Crippen LogP contribution in [-0.4, -0.2) is 29.6 Å². The molecular formula is C28H40N2O3. The summed E-state index contributed by atoms with van der Waals surface area (Å²) < 4.78 is 5.31. The van der Waals surface area contributed by atoms with Crippen LogP contribution in [-0.2, 0) is 22.7 Å². The van der Waals surface area contributed by atoms with Gasteiger partial charge in [-0.2, -0.15) is 0 Å². The first kappa shape index (κ1) is 29.7. The maximum absolute atomic E-state index is 12.4. The number of carbonyl (C=O) groups excluding carboxylic acids is 1. The van der Waals surface area contributed by atoms with Crippen molar-refractivity contribution in [1.82, 2.24) is 4.90 Å². The Bertz CT molecular complexity index is 886. The third-order valence-electron chi connectivity index (χ3n) is 4.26. The maximum atomic E-state index is 12.4. The summed E-state index contributed by atoms with van der Waals surface area (Å²) in [5.74, 6) is 0.373. The lowest BCUT2D eigenvalue weighted by Crippen LogP contribution is -2.24. The molecule has 5 heteroatoms. The molecule has 0 saturated carbocycles. The molecule has 0 aliphatic carbocycles. The minimum atomic E-state index is -0.116. The number of aliphatic hydroxyl groups is 1. The molecule has 2 aromatic carbocycles. The van der Waals surface area contributed by atoms with Gasteiger partial charge in [0.25, 0.3) is 0 Å². The molecular weight excluding hydrogens is 412 g/mol. The van der Waals surface area contributed by atoms with Gasteiger partial charge in [0.05, 0.1) is 13.2 Å². The lowest BCUT2D eigenvalue weighted by molar-refractivity contribution is -0.125. The van der Waals surface area contributed by atoms with E-state index in [-0.39, 0.29) is 12.5 Å². The van der Waals surface area contributed by atoms with Crippen molar-refractivity contribution in [3.8, 4) is 0 Å². The summed E-state index contributed by atoms with van der Waals surface area (Å²) in [5, 5.41) is 12.2. The molecule has 0 unspecified atom stereocenters. The summed E-state index contributed by atoms with van der Waals surface area (Å²) in [6, 6.07) is 15.2. The molecule has 0 radical (unpaired) electrons. The van der Waals surface area contributed by atoms with Crippen LogP contribution in [0.4, 0.5) is 5.69 Å². The largest absolute Gasteiger partial charge is 0.480 e. The number of rotatable bonds is 10. The fraction of sp³-hybridized carbons (Fsp3) is 0.321. The number of benzene rings is 2. The van der Waals surface area contributed by atoms with Crippen LogP contribution in [0.3, 0.4) is 0 Å². The van der Waals surface area contributed by atoms with Gasteiger partial charge in [0.1, 0.15) is 0 Å². The van der Waals surface area contributed by atoms with Gasteiger partial charge in [-0.3, -0.25) is 4.79 Å². The van der Waals surface area contributed by atoms with Gasteiger partial charge in [-0.15, -0.1) is 0 Å². The van der Waals surface area contributed by atoms with E-state index in [0.717, 1.165) is 28.0 Å². The van der Waals surface area contributed by atoms with Crippen LogP contribution < -0.4 is 5.32 Å². The second kappa shape index (κ2) is 17.3. The molecule has 0 heterocycles. The highest BCUT2D eigenvalue weighted by atomic mass is 16.5. The van der Waals surface area contributed by atoms with Crippen LogP contribution in [0.15, 0.2) is 79.7 Å². The molecule has 5 nitrogen and oxygen atoms in total. The van der Waals surface area contributed by atoms with E-state index in [0.29, 0.717) is 19.0 Å². The topological polar surface area (TPSA) is 61.8 Å². The van der Waals surface area contributed by atoms with E-state index in [1.807, 2.05) is 83.1 Å². The maximum Gasteiger partial charge on any atom is 0.246 e. The van der Waals surface area contributed by atoms with Gasteiger partial charge in [0, 0.05) is 25.4 Å². The zero-order valence-electron chi connectivity index (χ0n) is 21.0. The highest BCUT2D eigenvalue weighted by Gasteiger charge is 2.07. The van der Waals surface area contributed by atoms with Gasteiger partial charge in [0.15, 0.2) is 5.88 Å². The second-order valence-corrected chi connectivity index (χ2v) is 6.59. The minimum absolute atomic E-state index is 0.00232. The van der Waals surface area contributed by atoms with Crippen LogP contribution in [0.25, 0.3) is 5.57 Å². The Morgan fingerprint density at radius 2 is 1.67 bits per heavy atom. The van der Waals surface area contributed by atoms with Gasteiger partial charge in [-0.05, 0) is 54.0 Å². The van der Waals surface area contributed by atoms with Crippen molar-refractivity contribution in [2.45, 2.75) is 47.8 Å². The van der Waals surface area contributed by atoms with E-state index >= 15 is 0 Å². The van der Waals surface area contributed by atoms with Gasteiger partial charge in [-0.25, -0.2) is 0 Å². The van der Waals surface area contributed by atoms with Crippen LogP contribution in [0.1, 0.15) is 51.3 Å². The predicted octanol–water partition coefficient (Wildman–Crippen LogP) is 6.38. The predicted molar refractivity (Wildman–Crippen MR) is 141 cm³/mol. The summed E-state index contributed by atoms with van der Waals surface area (Å²) in [4.78, 5) is 14.1. The molecule has 180 valence electrons. The summed E-state index contributed by atoms with van der Waals surface area (Å²) in [6.07, 6.45) is 3.22. The molecule has 2 N–H and O–H groups in total. The highest BCUT2D eigenvalue weighted by molar-refractivity contribution is 5.90. The van der Waals surface area contributed by atoms with Gasteiger partial charge < -0.3 is 20.1 Å². The molecule has 0 bridgehead atoms. The second-order valence-electron chi connectivity index (χ2n) is 6.59. The van der Waals surface area contributed by atoms with Crippen molar-refractivity contribution in [3.63, 3.8) is 0 Å². The fourth-order valence-electron chi connectivity index (χ4n) is 2.69. The van der Waals surface area contributed by atoms with Crippen molar-refractivity contribution >= 4 is 17.2 Å². The molecule has 0 aliphatic heterocycles. The van der Waals surface area contributed by atoms with Crippen molar-refractivity contribution in [3.05, 3.63) is 96.4 Å². The number of aliphatic hydroxyl groups excluding tert-OH is 1. The third kappa shape index (κ3) is 11.2. The van der Waals surface area contributed by atoms with Crippen molar-refractivity contribution in [2.75, 3.05) is 19.0 Å². The van der Waals surface area contributed by atoms with E-state index in [1.54, 1.807) is 18.0 Å². The molecule has 1 amide bonds. The van der Waals surface area contributed by atoms with E-state index in [4.69, 9.17) is 9.84 Å². The number of ether oxygens (including phenoxy) is 1. The first-order valence-corrected chi connectivity index (χ1v) is 11.4. The minimum Gasteiger partial charge on any atom is -0.480 e. The Balaban J connectivity index is 0.00000242. The molecule has 0 aromatic heterocycles.